The van der Waals surface area contributed by atoms with Crippen LogP contribution in [0.5, 0.6) is 11.5 Å². The number of ether oxygens (including phenoxy) is 1. The summed E-state index contributed by atoms with van der Waals surface area (Å²) in [5.41, 5.74) is 2.63. The molecule has 21 heavy (non-hydrogen) atoms. The van der Waals surface area contributed by atoms with Crippen molar-refractivity contribution < 1.29 is 14.2 Å². The van der Waals surface area contributed by atoms with Crippen molar-refractivity contribution in [3.05, 3.63) is 58.9 Å². The van der Waals surface area contributed by atoms with Crippen molar-refractivity contribution in [1.29, 1.82) is 0 Å². The Balaban J connectivity index is 2.45. The molecule has 0 unspecified atom stereocenters. The zero-order valence-electron chi connectivity index (χ0n) is 12.9. The summed E-state index contributed by atoms with van der Waals surface area (Å²) in [6.45, 7) is 7.79. The minimum atomic E-state index is -0.789. The Morgan fingerprint density at radius 2 is 1.67 bits per heavy atom. The molecule has 0 saturated heterocycles. The van der Waals surface area contributed by atoms with E-state index in [1.807, 2.05) is 25.1 Å². The van der Waals surface area contributed by atoms with Crippen molar-refractivity contribution >= 4 is 0 Å². The van der Waals surface area contributed by atoms with Crippen LogP contribution in [0.4, 0.5) is 4.39 Å². The maximum Gasteiger partial charge on any atom is 0.133 e. The lowest BCUT2D eigenvalue weighted by Crippen LogP contribution is -2.00. The Labute approximate surface area is 125 Å². The van der Waals surface area contributed by atoms with Gasteiger partial charge < -0.3 is 9.84 Å². The van der Waals surface area contributed by atoms with Gasteiger partial charge in [0.25, 0.3) is 0 Å². The molecule has 0 aromatic heterocycles. The Bertz CT molecular complexity index is 633. The van der Waals surface area contributed by atoms with Crippen LogP contribution >= 0.6 is 0 Å². The zero-order valence-corrected chi connectivity index (χ0v) is 12.9. The van der Waals surface area contributed by atoms with Gasteiger partial charge in [0.05, 0.1) is 6.10 Å². The third kappa shape index (κ3) is 3.61. The molecule has 2 aromatic rings. The van der Waals surface area contributed by atoms with Gasteiger partial charge in [-0.1, -0.05) is 26.0 Å². The Morgan fingerprint density at radius 1 is 0.952 bits per heavy atom. The minimum Gasteiger partial charge on any atom is -0.457 e. The van der Waals surface area contributed by atoms with Gasteiger partial charge in [-0.25, -0.2) is 4.39 Å². The van der Waals surface area contributed by atoms with Gasteiger partial charge >= 0.3 is 0 Å². The molecule has 0 aliphatic carbocycles. The number of aryl methyl sites for hydroxylation is 1. The first-order chi connectivity index (χ1) is 9.88. The van der Waals surface area contributed by atoms with Crippen LogP contribution in [0.3, 0.4) is 0 Å². The average molecular weight is 288 g/mol. The number of rotatable bonds is 4. The fourth-order valence-electron chi connectivity index (χ4n) is 2.26. The minimum absolute atomic E-state index is 0.316. The number of hydrogen-bond acceptors (Lipinski definition) is 2. The lowest BCUT2D eigenvalue weighted by atomic mass is 10.0. The molecule has 0 amide bonds. The fourth-order valence-corrected chi connectivity index (χ4v) is 2.26. The summed E-state index contributed by atoms with van der Waals surface area (Å²) in [5.74, 6) is 1.17. The number of aliphatic hydroxyl groups excluding tert-OH is 1. The first kappa shape index (κ1) is 15.5. The smallest absolute Gasteiger partial charge is 0.133 e. The van der Waals surface area contributed by atoms with Crippen LogP contribution in [-0.2, 0) is 0 Å². The second-order valence-corrected chi connectivity index (χ2v) is 5.66. The molecule has 1 atom stereocenters. The summed E-state index contributed by atoms with van der Waals surface area (Å²) in [6.07, 6.45) is -0.789. The maximum absolute atomic E-state index is 13.4. The SMILES string of the molecule is Cc1ccc(C(C)C)c(Oc2ccc(F)cc2[C@@H](C)O)c1. The van der Waals surface area contributed by atoms with Gasteiger partial charge in [-0.15, -0.1) is 0 Å². The van der Waals surface area contributed by atoms with Crippen LogP contribution in [0.2, 0.25) is 0 Å². The Kier molecular flexibility index (Phi) is 4.63. The quantitative estimate of drug-likeness (QED) is 0.847. The van der Waals surface area contributed by atoms with Gasteiger partial charge in [0, 0.05) is 5.56 Å². The molecule has 0 bridgehead atoms. The summed E-state index contributed by atoms with van der Waals surface area (Å²) >= 11 is 0. The molecule has 112 valence electrons. The van der Waals surface area contributed by atoms with E-state index in [0.717, 1.165) is 16.9 Å². The molecule has 2 nitrogen and oxygen atoms in total. The van der Waals surface area contributed by atoms with E-state index in [0.29, 0.717) is 17.2 Å². The topological polar surface area (TPSA) is 29.5 Å². The van der Waals surface area contributed by atoms with Crippen molar-refractivity contribution in [2.75, 3.05) is 0 Å². The van der Waals surface area contributed by atoms with Crippen molar-refractivity contribution in [1.82, 2.24) is 0 Å². The summed E-state index contributed by atoms with van der Waals surface area (Å²) in [4.78, 5) is 0. The third-order valence-electron chi connectivity index (χ3n) is 3.43. The van der Waals surface area contributed by atoms with Crippen molar-refractivity contribution in [2.24, 2.45) is 0 Å². The van der Waals surface area contributed by atoms with Gasteiger partial charge in [-0.3, -0.25) is 0 Å². The monoisotopic (exact) mass is 288 g/mol. The summed E-state index contributed by atoms with van der Waals surface area (Å²) in [6, 6.07) is 10.3. The second kappa shape index (κ2) is 6.27. The van der Waals surface area contributed by atoms with E-state index in [1.165, 1.54) is 12.1 Å². The first-order valence-corrected chi connectivity index (χ1v) is 7.14. The zero-order chi connectivity index (χ0) is 15.6. The number of aliphatic hydroxyl groups is 1. The van der Waals surface area contributed by atoms with Gasteiger partial charge in [0.2, 0.25) is 0 Å². The van der Waals surface area contributed by atoms with Crippen molar-refractivity contribution in [3.8, 4) is 11.5 Å². The molecule has 1 N–H and O–H groups in total. The largest absolute Gasteiger partial charge is 0.457 e. The predicted molar refractivity (Wildman–Crippen MR) is 82.4 cm³/mol. The summed E-state index contributed by atoms with van der Waals surface area (Å²) in [7, 11) is 0. The lowest BCUT2D eigenvalue weighted by molar-refractivity contribution is 0.195. The molecular weight excluding hydrogens is 267 g/mol. The Hall–Kier alpha value is -1.87. The molecule has 0 aliphatic heterocycles. The Morgan fingerprint density at radius 3 is 2.29 bits per heavy atom. The first-order valence-electron chi connectivity index (χ1n) is 7.14. The standard InChI is InChI=1S/C18H21FO2/c1-11(2)15-7-5-12(3)9-18(15)21-17-8-6-14(19)10-16(17)13(4)20/h5-11,13,20H,1-4H3/t13-/m1/s1. The maximum atomic E-state index is 13.4. The molecule has 2 rings (SSSR count). The van der Waals surface area contributed by atoms with Gasteiger partial charge in [0.1, 0.15) is 17.3 Å². The van der Waals surface area contributed by atoms with E-state index in [9.17, 15) is 9.50 Å². The number of hydrogen-bond donors (Lipinski definition) is 1. The van der Waals surface area contributed by atoms with Crippen LogP contribution in [0, 0.1) is 12.7 Å². The molecule has 0 heterocycles. The molecular formula is C18H21FO2. The van der Waals surface area contributed by atoms with Gasteiger partial charge in [-0.2, -0.15) is 0 Å². The van der Waals surface area contributed by atoms with Crippen LogP contribution in [0.25, 0.3) is 0 Å². The van der Waals surface area contributed by atoms with Gasteiger partial charge in [0.15, 0.2) is 0 Å². The highest BCUT2D eigenvalue weighted by Crippen LogP contribution is 2.35. The average Bonchev–Trinajstić information content (AvgIpc) is 2.40. The predicted octanol–water partition coefficient (Wildman–Crippen LogP) is 5.10. The van der Waals surface area contributed by atoms with Crippen LogP contribution < -0.4 is 4.74 Å². The molecule has 0 saturated carbocycles. The van der Waals surface area contributed by atoms with E-state index >= 15 is 0 Å². The second-order valence-electron chi connectivity index (χ2n) is 5.66. The van der Waals surface area contributed by atoms with Crippen molar-refractivity contribution in [2.45, 2.75) is 39.7 Å². The highest BCUT2D eigenvalue weighted by molar-refractivity contribution is 5.45. The van der Waals surface area contributed by atoms with E-state index in [-0.39, 0.29) is 5.82 Å². The summed E-state index contributed by atoms with van der Waals surface area (Å²) < 4.78 is 19.3. The molecule has 0 aliphatic rings. The van der Waals surface area contributed by atoms with Crippen LogP contribution in [0.15, 0.2) is 36.4 Å². The highest BCUT2D eigenvalue weighted by Gasteiger charge is 2.14. The van der Waals surface area contributed by atoms with Crippen molar-refractivity contribution in [3.63, 3.8) is 0 Å². The summed E-state index contributed by atoms with van der Waals surface area (Å²) in [5, 5.41) is 9.79. The number of halogens is 1. The fraction of sp³-hybridized carbons (Fsp3) is 0.333. The molecule has 0 fully saturated rings. The molecule has 0 radical (unpaired) electrons. The third-order valence-corrected chi connectivity index (χ3v) is 3.43. The van der Waals surface area contributed by atoms with Gasteiger partial charge in [-0.05, 0) is 55.2 Å². The van der Waals surface area contributed by atoms with Crippen LogP contribution in [-0.4, -0.2) is 5.11 Å². The molecule has 0 spiro atoms. The van der Waals surface area contributed by atoms with E-state index < -0.39 is 6.10 Å². The molecule has 2 aromatic carbocycles. The number of benzene rings is 2. The van der Waals surface area contributed by atoms with E-state index in [1.54, 1.807) is 13.0 Å². The van der Waals surface area contributed by atoms with E-state index in [2.05, 4.69) is 13.8 Å². The van der Waals surface area contributed by atoms with E-state index in [4.69, 9.17) is 4.74 Å². The lowest BCUT2D eigenvalue weighted by Gasteiger charge is -2.17. The highest BCUT2D eigenvalue weighted by atomic mass is 19.1. The normalized spacial score (nSPS) is 12.5. The van der Waals surface area contributed by atoms with Crippen LogP contribution in [0.1, 0.15) is 49.5 Å². The molecule has 3 heteroatoms.